The molecule has 0 aromatic heterocycles. The van der Waals surface area contributed by atoms with Gasteiger partial charge in [-0.15, -0.1) is 0 Å². The van der Waals surface area contributed by atoms with Crippen LogP contribution in [0.4, 0.5) is 5.69 Å². The highest BCUT2D eigenvalue weighted by atomic mass is 16.5. The first-order valence-corrected chi connectivity index (χ1v) is 9.33. The monoisotopic (exact) mass is 375 g/mol. The second-order valence-electron chi connectivity index (χ2n) is 6.80. The molecule has 0 spiro atoms. The van der Waals surface area contributed by atoms with Crippen molar-refractivity contribution in [3.63, 3.8) is 0 Å². The van der Waals surface area contributed by atoms with Crippen LogP contribution in [0.2, 0.25) is 0 Å². The zero-order chi connectivity index (χ0) is 19.2. The number of carboxylic acid groups (broad SMARTS) is 1. The maximum Gasteiger partial charge on any atom is 0.305 e. The van der Waals surface area contributed by atoms with Gasteiger partial charge in [-0.2, -0.15) is 0 Å². The lowest BCUT2D eigenvalue weighted by atomic mass is 10.1. The van der Waals surface area contributed by atoms with Gasteiger partial charge in [0.2, 0.25) is 11.9 Å². The topological polar surface area (TPSA) is 111 Å². The van der Waals surface area contributed by atoms with E-state index >= 15 is 0 Å². The van der Waals surface area contributed by atoms with E-state index in [2.05, 4.69) is 10.3 Å². The second-order valence-corrected chi connectivity index (χ2v) is 6.80. The molecule has 0 radical (unpaired) electrons. The number of aliphatic carboxylic acids is 1. The zero-order valence-electron chi connectivity index (χ0n) is 15.2. The van der Waals surface area contributed by atoms with E-state index in [1.807, 2.05) is 18.2 Å². The highest BCUT2D eigenvalue weighted by Gasteiger charge is 2.40. The number of rotatable bonds is 10. The molecule has 146 valence electrons. The summed E-state index contributed by atoms with van der Waals surface area (Å²) in [7, 11) is 0. The van der Waals surface area contributed by atoms with Crippen molar-refractivity contribution in [2.75, 3.05) is 13.2 Å². The average molecular weight is 375 g/mol. The number of ether oxygens (including phenoxy) is 1. The summed E-state index contributed by atoms with van der Waals surface area (Å²) >= 11 is 0. The van der Waals surface area contributed by atoms with Crippen LogP contribution in [-0.2, 0) is 16.1 Å². The first kappa shape index (κ1) is 19.2. The van der Waals surface area contributed by atoms with Crippen LogP contribution in [0.5, 0.6) is 5.75 Å². The molecule has 3 rings (SSSR count). The Morgan fingerprint density at radius 2 is 2.04 bits per heavy atom. The third-order valence-electron chi connectivity index (χ3n) is 4.74. The lowest BCUT2D eigenvalue weighted by Gasteiger charge is -2.27. The quantitative estimate of drug-likeness (QED) is 0.538. The van der Waals surface area contributed by atoms with E-state index in [0.29, 0.717) is 19.1 Å². The molecule has 1 saturated heterocycles. The van der Waals surface area contributed by atoms with Crippen LogP contribution >= 0.6 is 0 Å². The van der Waals surface area contributed by atoms with Crippen molar-refractivity contribution in [1.29, 1.82) is 0 Å². The van der Waals surface area contributed by atoms with Crippen LogP contribution in [0.25, 0.3) is 0 Å². The van der Waals surface area contributed by atoms with Crippen LogP contribution in [0.1, 0.15) is 44.1 Å². The van der Waals surface area contributed by atoms with Crippen molar-refractivity contribution in [2.24, 2.45) is 4.99 Å². The zero-order valence-corrected chi connectivity index (χ0v) is 15.2. The molecule has 2 aliphatic heterocycles. The number of aliphatic hydroxyl groups is 1. The predicted molar refractivity (Wildman–Crippen MR) is 98.9 cm³/mol. The van der Waals surface area contributed by atoms with Crippen LogP contribution in [0.15, 0.2) is 23.2 Å². The number of nitrogens with zero attached hydrogens (tertiary/aromatic N) is 2. The van der Waals surface area contributed by atoms with Crippen LogP contribution in [0, 0.1) is 0 Å². The van der Waals surface area contributed by atoms with Gasteiger partial charge in [0, 0.05) is 18.7 Å². The lowest BCUT2D eigenvalue weighted by Crippen LogP contribution is -2.38. The molecular weight excluding hydrogens is 350 g/mol. The summed E-state index contributed by atoms with van der Waals surface area (Å²) < 4.78 is 5.81. The Morgan fingerprint density at radius 3 is 2.81 bits per heavy atom. The molecule has 1 fully saturated rings. The molecule has 8 nitrogen and oxygen atoms in total. The Morgan fingerprint density at radius 1 is 1.26 bits per heavy atom. The number of nitrogens with one attached hydrogen (secondary N) is 1. The number of amides is 1. The van der Waals surface area contributed by atoms with Gasteiger partial charge < -0.3 is 19.8 Å². The Kier molecular flexibility index (Phi) is 6.28. The van der Waals surface area contributed by atoms with Gasteiger partial charge in [0.25, 0.3) is 0 Å². The van der Waals surface area contributed by atoms with Gasteiger partial charge in [0.05, 0.1) is 18.7 Å². The fourth-order valence-electron chi connectivity index (χ4n) is 3.32. The van der Waals surface area contributed by atoms with E-state index in [4.69, 9.17) is 14.9 Å². The van der Waals surface area contributed by atoms with E-state index in [-0.39, 0.29) is 18.9 Å². The number of unbranched alkanes of at least 4 members (excludes halogenated alkanes) is 4. The molecule has 2 heterocycles. The minimum absolute atomic E-state index is 0.251. The van der Waals surface area contributed by atoms with Gasteiger partial charge in [-0.3, -0.25) is 14.9 Å². The summed E-state index contributed by atoms with van der Waals surface area (Å²) in [5.41, 5.74) is 1.67. The second kappa shape index (κ2) is 8.85. The first-order chi connectivity index (χ1) is 13.1. The standard InChI is InChI=1S/C19H25N3O5/c23-8-4-2-1-3-5-9-27-14-6-7-15-13(10-14)12-22-16(11-17(24)25)18(26)21-19(22)20-15/h6-7,10,16,23H,1-5,8-9,11-12H2,(H,24,25)(H,20,21,26). The number of guanidine groups is 1. The van der Waals surface area contributed by atoms with Gasteiger partial charge in [-0.1, -0.05) is 19.3 Å². The fraction of sp³-hybridized carbons (Fsp3) is 0.526. The van der Waals surface area contributed by atoms with Crippen molar-refractivity contribution < 1.29 is 24.5 Å². The summed E-state index contributed by atoms with van der Waals surface area (Å²) in [6.45, 7) is 1.29. The van der Waals surface area contributed by atoms with Gasteiger partial charge in [0.1, 0.15) is 11.8 Å². The molecule has 1 aromatic rings. The lowest BCUT2D eigenvalue weighted by molar-refractivity contribution is -0.140. The van der Waals surface area contributed by atoms with Crippen molar-refractivity contribution in [3.8, 4) is 5.75 Å². The smallest absolute Gasteiger partial charge is 0.305 e. The fourth-order valence-corrected chi connectivity index (χ4v) is 3.32. The van der Waals surface area contributed by atoms with E-state index in [1.165, 1.54) is 0 Å². The molecule has 2 aliphatic rings. The third-order valence-corrected chi connectivity index (χ3v) is 4.74. The first-order valence-electron chi connectivity index (χ1n) is 9.33. The number of aliphatic hydroxyl groups excluding tert-OH is 1. The Labute approximate surface area is 157 Å². The predicted octanol–water partition coefficient (Wildman–Crippen LogP) is 1.78. The van der Waals surface area contributed by atoms with Gasteiger partial charge in [-0.25, -0.2) is 4.99 Å². The van der Waals surface area contributed by atoms with E-state index in [1.54, 1.807) is 4.90 Å². The maximum atomic E-state index is 12.0. The molecule has 0 aliphatic carbocycles. The Balaban J connectivity index is 1.57. The third kappa shape index (κ3) is 4.77. The number of carbonyl (C=O) groups excluding carboxylic acids is 1. The van der Waals surface area contributed by atoms with Gasteiger partial charge in [0.15, 0.2) is 0 Å². The number of carbonyl (C=O) groups is 2. The van der Waals surface area contributed by atoms with Crippen molar-refractivity contribution >= 4 is 23.5 Å². The average Bonchev–Trinajstić information content (AvgIpc) is 2.93. The minimum Gasteiger partial charge on any atom is -0.494 e. The van der Waals surface area contributed by atoms with Crippen LogP contribution in [-0.4, -0.2) is 52.2 Å². The maximum absolute atomic E-state index is 12.0. The minimum atomic E-state index is -1.02. The molecule has 1 aromatic carbocycles. The molecule has 27 heavy (non-hydrogen) atoms. The largest absolute Gasteiger partial charge is 0.494 e. The molecule has 0 bridgehead atoms. The van der Waals surface area contributed by atoms with E-state index in [0.717, 1.165) is 49.1 Å². The van der Waals surface area contributed by atoms with E-state index < -0.39 is 12.0 Å². The molecule has 3 N–H and O–H groups in total. The van der Waals surface area contributed by atoms with Crippen molar-refractivity contribution in [1.82, 2.24) is 10.2 Å². The summed E-state index contributed by atoms with van der Waals surface area (Å²) in [4.78, 5) is 29.2. The summed E-state index contributed by atoms with van der Waals surface area (Å²) in [5, 5.41) is 20.4. The molecular formula is C19H25N3O5. The number of hydrogen-bond acceptors (Lipinski definition) is 6. The molecule has 1 unspecified atom stereocenters. The SMILES string of the molecule is O=C(O)CC1C(=O)NC2=Nc3ccc(OCCCCCCCO)cc3CN21. The number of benzene rings is 1. The highest BCUT2D eigenvalue weighted by Crippen LogP contribution is 2.32. The number of fused-ring (bicyclic) bond motifs is 2. The van der Waals surface area contributed by atoms with Crippen molar-refractivity contribution in [3.05, 3.63) is 23.8 Å². The summed E-state index contributed by atoms with van der Waals surface area (Å²) in [5.74, 6) is -0.189. The Hall–Kier alpha value is -2.61. The summed E-state index contributed by atoms with van der Waals surface area (Å²) in [6, 6.07) is 4.88. The number of hydrogen-bond donors (Lipinski definition) is 3. The van der Waals surface area contributed by atoms with E-state index in [9.17, 15) is 9.59 Å². The number of aliphatic imine (C=N–C) groups is 1. The molecule has 1 amide bonds. The van der Waals surface area contributed by atoms with Crippen molar-refractivity contribution in [2.45, 2.75) is 51.1 Å². The van der Waals surface area contributed by atoms with Gasteiger partial charge in [-0.05, 0) is 31.0 Å². The summed E-state index contributed by atoms with van der Waals surface area (Å²) in [6.07, 6.45) is 4.74. The van der Waals surface area contributed by atoms with Crippen LogP contribution in [0.3, 0.4) is 0 Å². The highest BCUT2D eigenvalue weighted by molar-refractivity contribution is 6.08. The molecule has 1 atom stereocenters. The van der Waals surface area contributed by atoms with Gasteiger partial charge >= 0.3 is 5.97 Å². The molecule has 0 saturated carbocycles. The normalized spacial score (nSPS) is 17.8. The van der Waals surface area contributed by atoms with Crippen LogP contribution < -0.4 is 10.1 Å². The Bertz CT molecular complexity index is 734. The number of carboxylic acids is 1. The molecule has 8 heteroatoms.